The van der Waals surface area contributed by atoms with E-state index in [1.165, 1.54) is 10.4 Å². The average molecular weight is 388 g/mol. The molecule has 114 valence electrons. The van der Waals surface area contributed by atoms with E-state index in [0.29, 0.717) is 0 Å². The summed E-state index contributed by atoms with van der Waals surface area (Å²) in [6.45, 7) is 8.33. The minimum Gasteiger partial charge on any atom is -1.00 e. The van der Waals surface area contributed by atoms with Gasteiger partial charge in [-0.15, -0.1) is 0 Å². The van der Waals surface area contributed by atoms with Crippen LogP contribution in [-0.2, 0) is 4.43 Å². The Hall–Kier alpha value is -0.137. The molecule has 0 amide bonds. The van der Waals surface area contributed by atoms with Crippen molar-refractivity contribution >= 4 is 41.7 Å². The Kier molecular flexibility index (Phi) is 10.5. The zero-order valence-corrected chi connectivity index (χ0v) is 17.5. The smallest absolute Gasteiger partial charge is 1.00 e. The Labute approximate surface area is 162 Å². The van der Waals surface area contributed by atoms with Crippen molar-refractivity contribution < 1.29 is 21.4 Å². The molecule has 0 N–H and O–H groups in total. The molecule has 0 radical (unpaired) electrons. The molecule has 0 fully saturated rings. The maximum atomic E-state index is 6.55. The summed E-state index contributed by atoms with van der Waals surface area (Å²) in [6, 6.07) is 22.4. The molecule has 0 aliphatic heterocycles. The second-order valence-electron chi connectivity index (χ2n) is 5.33. The predicted octanol–water partition coefficient (Wildman–Crippen LogP) is 0.0187. The first-order valence-corrected chi connectivity index (χ1v) is 9.38. The SMILES string of the molecule is [Br-].[CH2-]CC[Si](OC(C)C)(c1ccccc1)c1ccccc1.[Mg+2]. The Bertz CT molecular complexity index is 480. The molecule has 1 nitrogen and oxygen atoms in total. The van der Waals surface area contributed by atoms with Crippen LogP contribution in [0.25, 0.3) is 0 Å². The molecule has 22 heavy (non-hydrogen) atoms. The van der Waals surface area contributed by atoms with Gasteiger partial charge in [-0.25, -0.2) is 0 Å². The van der Waals surface area contributed by atoms with Gasteiger partial charge in [0.05, 0.1) is 0 Å². The van der Waals surface area contributed by atoms with Crippen molar-refractivity contribution in [1.29, 1.82) is 0 Å². The van der Waals surface area contributed by atoms with Crippen molar-refractivity contribution in [1.82, 2.24) is 0 Å². The van der Waals surface area contributed by atoms with E-state index in [2.05, 4.69) is 81.4 Å². The second kappa shape index (κ2) is 10.6. The zero-order chi connectivity index (χ0) is 14.4. The van der Waals surface area contributed by atoms with Gasteiger partial charge in [0.2, 0.25) is 0 Å². The number of halogens is 1. The summed E-state index contributed by atoms with van der Waals surface area (Å²) in [5, 5.41) is 2.67. The van der Waals surface area contributed by atoms with Crippen molar-refractivity contribution in [3.8, 4) is 0 Å². The van der Waals surface area contributed by atoms with E-state index in [9.17, 15) is 0 Å². The summed E-state index contributed by atoms with van der Waals surface area (Å²) >= 11 is 0. The van der Waals surface area contributed by atoms with Crippen molar-refractivity contribution in [3.63, 3.8) is 0 Å². The normalized spacial score (nSPS) is 10.7. The van der Waals surface area contributed by atoms with Crippen LogP contribution >= 0.6 is 0 Å². The van der Waals surface area contributed by atoms with Crippen molar-refractivity contribution in [2.75, 3.05) is 0 Å². The van der Waals surface area contributed by atoms with Crippen LogP contribution in [0, 0.1) is 6.92 Å². The molecule has 0 spiro atoms. The number of rotatable bonds is 6. The van der Waals surface area contributed by atoms with Crippen LogP contribution in [0.4, 0.5) is 0 Å². The monoisotopic (exact) mass is 386 g/mol. The van der Waals surface area contributed by atoms with Gasteiger partial charge >= 0.3 is 23.1 Å². The van der Waals surface area contributed by atoms with E-state index in [0.717, 1.165) is 12.5 Å². The van der Waals surface area contributed by atoms with E-state index in [-0.39, 0.29) is 46.1 Å². The Morgan fingerprint density at radius 3 is 1.64 bits per heavy atom. The molecule has 0 heterocycles. The van der Waals surface area contributed by atoms with Crippen LogP contribution in [0.5, 0.6) is 0 Å². The molecular weight excluding hydrogens is 364 g/mol. The molecule has 0 aromatic heterocycles. The average Bonchev–Trinajstić information content (AvgIpc) is 2.48. The fourth-order valence-electron chi connectivity index (χ4n) is 2.72. The van der Waals surface area contributed by atoms with Crippen LogP contribution in [-0.4, -0.2) is 37.5 Å². The molecule has 0 bridgehead atoms. The van der Waals surface area contributed by atoms with Crippen molar-refractivity contribution in [3.05, 3.63) is 67.6 Å². The van der Waals surface area contributed by atoms with Crippen molar-refractivity contribution in [2.45, 2.75) is 32.4 Å². The summed E-state index contributed by atoms with van der Waals surface area (Å²) < 4.78 is 6.55. The first-order valence-electron chi connectivity index (χ1n) is 7.27. The van der Waals surface area contributed by atoms with Crippen LogP contribution in [0.15, 0.2) is 60.7 Å². The third-order valence-corrected chi connectivity index (χ3v) is 7.91. The van der Waals surface area contributed by atoms with E-state index >= 15 is 0 Å². The fraction of sp³-hybridized carbons (Fsp3) is 0.278. The zero-order valence-electron chi connectivity index (χ0n) is 13.5. The number of benzene rings is 2. The summed E-state index contributed by atoms with van der Waals surface area (Å²) in [5.74, 6) is 0. The minimum absolute atomic E-state index is 0. The molecule has 0 saturated carbocycles. The quantitative estimate of drug-likeness (QED) is 0.502. The molecule has 0 aliphatic rings. The first-order chi connectivity index (χ1) is 9.69. The van der Waals surface area contributed by atoms with E-state index in [4.69, 9.17) is 4.43 Å². The molecule has 0 saturated heterocycles. The molecule has 2 rings (SSSR count). The summed E-state index contributed by atoms with van der Waals surface area (Å²) in [6.07, 6.45) is 1.11. The van der Waals surface area contributed by atoms with E-state index in [1.807, 2.05) is 0 Å². The van der Waals surface area contributed by atoms with Gasteiger partial charge in [0.25, 0.3) is 8.32 Å². The number of hydrogen-bond donors (Lipinski definition) is 0. The van der Waals surface area contributed by atoms with Crippen LogP contribution < -0.4 is 27.4 Å². The molecule has 0 atom stereocenters. The molecule has 2 aromatic carbocycles. The molecule has 4 heteroatoms. The topological polar surface area (TPSA) is 9.23 Å². The van der Waals surface area contributed by atoms with Gasteiger partial charge in [0, 0.05) is 6.10 Å². The third-order valence-electron chi connectivity index (χ3n) is 3.45. The maximum Gasteiger partial charge on any atom is 2.00 e. The number of hydrogen-bond acceptors (Lipinski definition) is 1. The van der Waals surface area contributed by atoms with Gasteiger partial charge in [0.1, 0.15) is 0 Å². The van der Waals surface area contributed by atoms with Crippen LogP contribution in [0.1, 0.15) is 20.3 Å². The third kappa shape index (κ3) is 5.20. The Morgan fingerprint density at radius 2 is 1.32 bits per heavy atom. The maximum absolute atomic E-state index is 6.55. The van der Waals surface area contributed by atoms with Gasteiger partial charge in [-0.1, -0.05) is 66.7 Å². The molecular formula is C18H23BrMgOSi. The summed E-state index contributed by atoms with van der Waals surface area (Å²) in [5.41, 5.74) is 0. The molecule has 2 aromatic rings. The standard InChI is InChI=1S/C18H23OSi.BrH.Mg/c1-4-15-20(19-16(2)3,17-11-7-5-8-12-17)18-13-9-6-10-14-18;;/h5-14,16H,1,4,15H2,2-3H3;1H;/q-1;;+2/p-1. The molecule has 0 unspecified atom stereocenters. The van der Waals surface area contributed by atoms with Gasteiger partial charge in [-0.3, -0.25) is 0 Å². The van der Waals surface area contributed by atoms with Gasteiger partial charge in [-0.05, 0) is 24.2 Å². The fourth-order valence-corrected chi connectivity index (χ4v) is 6.78. The van der Waals surface area contributed by atoms with Crippen LogP contribution in [0.3, 0.4) is 0 Å². The Morgan fingerprint density at radius 1 is 0.909 bits per heavy atom. The van der Waals surface area contributed by atoms with Gasteiger partial charge in [0.15, 0.2) is 0 Å². The van der Waals surface area contributed by atoms with E-state index < -0.39 is 8.32 Å². The second-order valence-corrected chi connectivity index (χ2v) is 8.87. The molecule has 0 aliphatic carbocycles. The van der Waals surface area contributed by atoms with Gasteiger partial charge in [-0.2, -0.15) is 6.42 Å². The Balaban J connectivity index is 0.00000220. The largest absolute Gasteiger partial charge is 2.00 e. The summed E-state index contributed by atoms with van der Waals surface area (Å²) in [7, 11) is -2.17. The minimum atomic E-state index is -2.17. The van der Waals surface area contributed by atoms with Gasteiger partial charge < -0.3 is 28.3 Å². The van der Waals surface area contributed by atoms with E-state index in [1.54, 1.807) is 0 Å². The van der Waals surface area contributed by atoms with Crippen LogP contribution in [0.2, 0.25) is 6.04 Å². The predicted molar refractivity (Wildman–Crippen MR) is 94.7 cm³/mol. The van der Waals surface area contributed by atoms with Crippen molar-refractivity contribution in [2.24, 2.45) is 0 Å². The summed E-state index contributed by atoms with van der Waals surface area (Å²) in [4.78, 5) is 0. The first kappa shape index (κ1) is 21.9.